The zero-order chi connectivity index (χ0) is 15.5. The van der Waals surface area contributed by atoms with Gasteiger partial charge in [-0.25, -0.2) is 9.78 Å². The molecule has 2 rings (SSSR count). The number of nitrogens with zero attached hydrogens (tertiary/aromatic N) is 2. The SMILES string of the molecule is O=C(O)c1ccc(C(F)(F)F)nc1NCc1ccncc1. The highest BCUT2D eigenvalue weighted by Gasteiger charge is 2.33. The third-order valence-corrected chi connectivity index (χ3v) is 2.63. The van der Waals surface area contributed by atoms with E-state index in [1.807, 2.05) is 0 Å². The molecule has 0 radical (unpaired) electrons. The van der Waals surface area contributed by atoms with Gasteiger partial charge in [0.25, 0.3) is 0 Å². The average Bonchev–Trinajstić information content (AvgIpc) is 2.45. The average molecular weight is 297 g/mol. The summed E-state index contributed by atoms with van der Waals surface area (Å²) in [4.78, 5) is 18.2. The van der Waals surface area contributed by atoms with Gasteiger partial charge >= 0.3 is 12.1 Å². The predicted molar refractivity (Wildman–Crippen MR) is 67.8 cm³/mol. The number of hydrogen-bond acceptors (Lipinski definition) is 4. The molecule has 0 unspecified atom stereocenters. The summed E-state index contributed by atoms with van der Waals surface area (Å²) in [7, 11) is 0. The van der Waals surface area contributed by atoms with Crippen molar-refractivity contribution in [2.45, 2.75) is 12.7 Å². The molecule has 2 heterocycles. The Morgan fingerprint density at radius 2 is 1.86 bits per heavy atom. The van der Waals surface area contributed by atoms with Crippen molar-refractivity contribution in [1.29, 1.82) is 0 Å². The maximum absolute atomic E-state index is 12.6. The Kier molecular flexibility index (Phi) is 4.06. The van der Waals surface area contributed by atoms with Crippen LogP contribution in [0.15, 0.2) is 36.7 Å². The molecule has 0 amide bonds. The van der Waals surface area contributed by atoms with Gasteiger partial charge in [0.05, 0.1) is 0 Å². The van der Waals surface area contributed by atoms with Gasteiger partial charge in [0.15, 0.2) is 0 Å². The molecule has 0 saturated carbocycles. The van der Waals surface area contributed by atoms with Crippen molar-refractivity contribution >= 4 is 11.8 Å². The second kappa shape index (κ2) is 5.78. The van der Waals surface area contributed by atoms with Crippen molar-refractivity contribution in [3.8, 4) is 0 Å². The van der Waals surface area contributed by atoms with Gasteiger partial charge in [0.1, 0.15) is 17.1 Å². The Bertz CT molecular complexity index is 645. The molecule has 0 aliphatic heterocycles. The van der Waals surface area contributed by atoms with Crippen LogP contribution in [-0.2, 0) is 12.7 Å². The minimum atomic E-state index is -4.63. The van der Waals surface area contributed by atoms with Gasteiger partial charge < -0.3 is 10.4 Å². The third-order valence-electron chi connectivity index (χ3n) is 2.63. The standard InChI is InChI=1S/C13H10F3N3O2/c14-13(15,16)10-2-1-9(12(20)21)11(19-10)18-7-8-3-5-17-6-4-8/h1-6H,7H2,(H,18,19)(H,20,21). The first kappa shape index (κ1) is 14.8. The summed E-state index contributed by atoms with van der Waals surface area (Å²) in [6, 6.07) is 4.83. The van der Waals surface area contributed by atoms with Gasteiger partial charge in [0.2, 0.25) is 0 Å². The number of halogens is 3. The minimum absolute atomic E-state index is 0.136. The molecule has 8 heteroatoms. The summed E-state index contributed by atoms with van der Waals surface area (Å²) in [6.07, 6.45) is -1.59. The Hall–Kier alpha value is -2.64. The van der Waals surface area contributed by atoms with E-state index < -0.39 is 17.8 Å². The number of pyridine rings is 2. The molecule has 2 aromatic rings. The lowest BCUT2D eigenvalue weighted by molar-refractivity contribution is -0.141. The van der Waals surface area contributed by atoms with Gasteiger partial charge in [-0.05, 0) is 29.8 Å². The molecule has 0 spiro atoms. The fraction of sp³-hybridized carbons (Fsp3) is 0.154. The molecule has 110 valence electrons. The summed E-state index contributed by atoms with van der Waals surface area (Å²) in [5.74, 6) is -1.68. The van der Waals surface area contributed by atoms with E-state index in [4.69, 9.17) is 5.11 Å². The lowest BCUT2D eigenvalue weighted by atomic mass is 10.2. The van der Waals surface area contributed by atoms with E-state index in [-0.39, 0.29) is 17.9 Å². The number of carboxylic acids is 1. The lowest BCUT2D eigenvalue weighted by Gasteiger charge is -2.12. The number of aromatic carboxylic acids is 1. The van der Waals surface area contributed by atoms with E-state index in [1.165, 1.54) is 12.4 Å². The van der Waals surface area contributed by atoms with Crippen LogP contribution in [0.3, 0.4) is 0 Å². The molecule has 0 fully saturated rings. The van der Waals surface area contributed by atoms with Crippen molar-refractivity contribution < 1.29 is 23.1 Å². The number of alkyl halides is 3. The van der Waals surface area contributed by atoms with E-state index in [9.17, 15) is 18.0 Å². The Morgan fingerprint density at radius 1 is 1.19 bits per heavy atom. The van der Waals surface area contributed by atoms with Gasteiger partial charge in [-0.3, -0.25) is 4.98 Å². The summed E-state index contributed by atoms with van der Waals surface area (Å²) >= 11 is 0. The van der Waals surface area contributed by atoms with E-state index >= 15 is 0 Å². The first-order valence-electron chi connectivity index (χ1n) is 5.82. The molecular weight excluding hydrogens is 287 g/mol. The monoisotopic (exact) mass is 297 g/mol. The fourth-order valence-corrected chi connectivity index (χ4v) is 1.61. The topological polar surface area (TPSA) is 75.1 Å². The van der Waals surface area contributed by atoms with Crippen LogP contribution in [0.1, 0.15) is 21.6 Å². The van der Waals surface area contributed by atoms with Gasteiger partial charge in [-0.15, -0.1) is 0 Å². The molecule has 2 aromatic heterocycles. The molecule has 0 atom stereocenters. The molecule has 0 aliphatic rings. The van der Waals surface area contributed by atoms with Gasteiger partial charge in [-0.2, -0.15) is 13.2 Å². The quantitative estimate of drug-likeness (QED) is 0.907. The largest absolute Gasteiger partial charge is 0.478 e. The third kappa shape index (κ3) is 3.68. The van der Waals surface area contributed by atoms with E-state index in [0.29, 0.717) is 6.07 Å². The van der Waals surface area contributed by atoms with Crippen molar-refractivity contribution in [2.75, 3.05) is 5.32 Å². The zero-order valence-corrected chi connectivity index (χ0v) is 10.6. The fourth-order valence-electron chi connectivity index (χ4n) is 1.61. The first-order valence-corrected chi connectivity index (χ1v) is 5.82. The van der Waals surface area contributed by atoms with Crippen LogP contribution in [0, 0.1) is 0 Å². The minimum Gasteiger partial charge on any atom is -0.478 e. The number of carboxylic acid groups (broad SMARTS) is 1. The number of hydrogen-bond donors (Lipinski definition) is 2. The van der Waals surface area contributed by atoms with Gasteiger partial charge in [-0.1, -0.05) is 0 Å². The number of carbonyl (C=O) groups is 1. The lowest BCUT2D eigenvalue weighted by Crippen LogP contribution is -2.14. The highest BCUT2D eigenvalue weighted by atomic mass is 19.4. The van der Waals surface area contributed by atoms with Crippen LogP contribution in [0.5, 0.6) is 0 Å². The molecule has 0 saturated heterocycles. The Labute approximate surface area is 117 Å². The number of rotatable bonds is 4. The van der Waals surface area contributed by atoms with Crippen molar-refractivity contribution in [2.24, 2.45) is 0 Å². The normalized spacial score (nSPS) is 11.2. The van der Waals surface area contributed by atoms with Crippen LogP contribution in [-0.4, -0.2) is 21.0 Å². The van der Waals surface area contributed by atoms with Crippen molar-refractivity contribution in [3.05, 3.63) is 53.5 Å². The summed E-state index contributed by atoms with van der Waals surface area (Å²) in [6.45, 7) is 0.136. The maximum atomic E-state index is 12.6. The van der Waals surface area contributed by atoms with E-state index in [0.717, 1.165) is 11.6 Å². The highest BCUT2D eigenvalue weighted by Crippen LogP contribution is 2.29. The summed E-state index contributed by atoms with van der Waals surface area (Å²) in [5.41, 5.74) is -0.734. The molecule has 0 aliphatic carbocycles. The van der Waals surface area contributed by atoms with E-state index in [2.05, 4.69) is 15.3 Å². The molecule has 5 nitrogen and oxygen atoms in total. The summed E-state index contributed by atoms with van der Waals surface area (Å²) in [5, 5.41) is 11.6. The number of anilines is 1. The molecule has 21 heavy (non-hydrogen) atoms. The summed E-state index contributed by atoms with van der Waals surface area (Å²) < 4.78 is 37.9. The first-order chi connectivity index (χ1) is 9.88. The number of aromatic nitrogens is 2. The molecule has 0 aromatic carbocycles. The zero-order valence-electron chi connectivity index (χ0n) is 10.6. The van der Waals surface area contributed by atoms with Crippen LogP contribution < -0.4 is 5.32 Å². The Balaban J connectivity index is 2.29. The second-order valence-electron chi connectivity index (χ2n) is 4.10. The van der Waals surface area contributed by atoms with Crippen LogP contribution in [0.2, 0.25) is 0 Å². The predicted octanol–water partition coefficient (Wildman–Crippen LogP) is 2.81. The molecular formula is C13H10F3N3O2. The van der Waals surface area contributed by atoms with E-state index in [1.54, 1.807) is 12.1 Å². The second-order valence-corrected chi connectivity index (χ2v) is 4.10. The van der Waals surface area contributed by atoms with Crippen LogP contribution in [0.4, 0.5) is 19.0 Å². The molecule has 0 bridgehead atoms. The van der Waals surface area contributed by atoms with Crippen LogP contribution in [0.25, 0.3) is 0 Å². The molecule has 2 N–H and O–H groups in total. The van der Waals surface area contributed by atoms with Crippen LogP contribution >= 0.6 is 0 Å². The smallest absolute Gasteiger partial charge is 0.433 e. The van der Waals surface area contributed by atoms with Crippen molar-refractivity contribution in [3.63, 3.8) is 0 Å². The maximum Gasteiger partial charge on any atom is 0.433 e. The van der Waals surface area contributed by atoms with Gasteiger partial charge in [0, 0.05) is 18.9 Å². The highest BCUT2D eigenvalue weighted by molar-refractivity contribution is 5.93. The number of nitrogens with one attached hydrogen (secondary N) is 1. The Morgan fingerprint density at radius 3 is 2.43 bits per heavy atom. The van der Waals surface area contributed by atoms with Crippen molar-refractivity contribution in [1.82, 2.24) is 9.97 Å².